The topological polar surface area (TPSA) is 169 Å². The van der Waals surface area contributed by atoms with Crippen LogP contribution in [0.2, 0.25) is 0 Å². The molecule has 1 saturated heterocycles. The zero-order valence-corrected chi connectivity index (χ0v) is 52.2. The van der Waals surface area contributed by atoms with Gasteiger partial charge in [-0.05, 0) is 64.2 Å². The van der Waals surface area contributed by atoms with E-state index >= 15 is 0 Å². The Morgan fingerprint density at radius 2 is 0.775 bits per heavy atom. The third kappa shape index (κ3) is 46.5. The van der Waals surface area contributed by atoms with Gasteiger partial charge in [-0.15, -0.1) is 0 Å². The average molecular weight is 1130 g/mol. The first-order chi connectivity index (χ1) is 39.3. The van der Waals surface area contributed by atoms with Crippen LogP contribution >= 0.6 is 0 Å². The number of carbonyl (C=O) groups is 1. The Bertz CT molecular complexity index is 1420. The predicted octanol–water partition coefficient (Wildman–Crippen LogP) is 17.4. The van der Waals surface area contributed by atoms with Gasteiger partial charge in [-0.25, -0.2) is 0 Å². The second-order valence-corrected chi connectivity index (χ2v) is 24.1. The fourth-order valence-electron chi connectivity index (χ4n) is 11.0. The van der Waals surface area contributed by atoms with Gasteiger partial charge in [0.2, 0.25) is 5.91 Å². The van der Waals surface area contributed by atoms with Crippen molar-refractivity contribution in [3.63, 3.8) is 0 Å². The number of hydrogen-bond donors (Lipinski definition) is 7. The number of hydrogen-bond acceptors (Lipinski definition) is 9. The molecule has 470 valence electrons. The normalized spacial score (nSPS) is 19.1. The van der Waals surface area contributed by atoms with Crippen molar-refractivity contribution >= 4 is 5.91 Å². The average Bonchev–Trinajstić information content (AvgIpc) is 3.46. The lowest BCUT2D eigenvalue weighted by Gasteiger charge is -2.40. The second kappa shape index (κ2) is 58.9. The molecule has 0 bridgehead atoms. The summed E-state index contributed by atoms with van der Waals surface area (Å²) in [6.45, 7) is 3.64. The highest BCUT2D eigenvalue weighted by Crippen LogP contribution is 2.23. The Balaban J connectivity index is 2.11. The monoisotopic (exact) mass is 1130 g/mol. The van der Waals surface area contributed by atoms with E-state index in [1.54, 1.807) is 6.08 Å². The minimum Gasteiger partial charge on any atom is -0.394 e. The highest BCUT2D eigenvalue weighted by molar-refractivity contribution is 5.80. The lowest BCUT2D eigenvalue weighted by molar-refractivity contribution is -0.302. The molecule has 1 heterocycles. The van der Waals surface area contributed by atoms with Crippen LogP contribution in [-0.2, 0) is 14.3 Å². The summed E-state index contributed by atoms with van der Waals surface area (Å²) in [5.41, 5.74) is 0. The van der Waals surface area contributed by atoms with Crippen molar-refractivity contribution in [1.82, 2.24) is 5.32 Å². The molecule has 1 aliphatic rings. The number of nitrogens with one attached hydrogen (secondary N) is 1. The standard InChI is InChI=1S/C70H131NO9/c1-3-5-7-9-11-13-15-17-19-21-22-23-24-25-26-27-28-29-30-31-32-33-34-35-36-37-38-39-40-41-43-45-47-49-51-53-55-57-59-64(74)69(78)71-62(61-79-70-68(77)67(76)66(75)65(60-72)80-70)63(73)58-56-54-52-50-48-46-44-42-20-18-16-14-12-10-8-6-4-2/h28-29,31-32,48,50,56,58,62-68,70,72-77H,3-27,30,33-47,49,51-55,57,59-61H2,1-2H3,(H,71,78)/b29-28-,32-31-,50-48+,58-56+. The maximum absolute atomic E-state index is 13.2. The summed E-state index contributed by atoms with van der Waals surface area (Å²) >= 11 is 0. The molecule has 1 amide bonds. The van der Waals surface area contributed by atoms with E-state index in [1.807, 2.05) is 6.08 Å². The zero-order chi connectivity index (χ0) is 58.0. The largest absolute Gasteiger partial charge is 0.394 e. The molecule has 0 aromatic rings. The predicted molar refractivity (Wildman–Crippen MR) is 338 cm³/mol. The quantitative estimate of drug-likeness (QED) is 0.0232. The van der Waals surface area contributed by atoms with Gasteiger partial charge in [-0.2, -0.15) is 0 Å². The van der Waals surface area contributed by atoms with E-state index in [4.69, 9.17) is 9.47 Å². The summed E-state index contributed by atoms with van der Waals surface area (Å²) in [5, 5.41) is 65.2. The van der Waals surface area contributed by atoms with Gasteiger partial charge in [0.05, 0.1) is 25.4 Å². The van der Waals surface area contributed by atoms with Crippen LogP contribution in [0.25, 0.3) is 0 Å². The molecular formula is C70H131NO9. The van der Waals surface area contributed by atoms with E-state index in [0.717, 1.165) is 38.5 Å². The number of ether oxygens (including phenoxy) is 2. The Kier molecular flexibility index (Phi) is 56.0. The Morgan fingerprint density at radius 3 is 1.16 bits per heavy atom. The third-order valence-electron chi connectivity index (χ3n) is 16.5. The Labute approximate surface area is 493 Å². The highest BCUT2D eigenvalue weighted by atomic mass is 16.7. The lowest BCUT2D eigenvalue weighted by Crippen LogP contribution is -2.60. The number of allylic oxidation sites excluding steroid dienone is 7. The van der Waals surface area contributed by atoms with Gasteiger partial charge in [0.1, 0.15) is 30.5 Å². The molecule has 10 heteroatoms. The fourth-order valence-corrected chi connectivity index (χ4v) is 11.0. The van der Waals surface area contributed by atoms with Crippen molar-refractivity contribution in [3.05, 3.63) is 48.6 Å². The van der Waals surface area contributed by atoms with Gasteiger partial charge in [-0.1, -0.05) is 313 Å². The summed E-state index contributed by atoms with van der Waals surface area (Å²) in [4.78, 5) is 13.2. The Hall–Kier alpha value is -1.89. The van der Waals surface area contributed by atoms with Crippen molar-refractivity contribution < 1.29 is 44.9 Å². The molecule has 1 rings (SSSR count). The number of amides is 1. The SMILES string of the molecule is CCCCCCCCCCCCC/C=C/CC/C=C/C(O)C(COC1OC(CO)C(O)C(O)C1O)NC(=O)C(O)CCCCCCCCCCCCCCCCCC/C=C\C/C=C\CCCCCCCCCCCCCCCCC. The molecule has 1 fully saturated rings. The summed E-state index contributed by atoms with van der Waals surface area (Å²) in [6, 6.07) is -0.999. The minimum atomic E-state index is -1.62. The van der Waals surface area contributed by atoms with Crippen molar-refractivity contribution in [3.8, 4) is 0 Å². The molecule has 8 unspecified atom stereocenters. The van der Waals surface area contributed by atoms with Crippen LogP contribution in [0, 0.1) is 0 Å². The van der Waals surface area contributed by atoms with Gasteiger partial charge in [-0.3, -0.25) is 4.79 Å². The van der Waals surface area contributed by atoms with Crippen molar-refractivity contribution in [2.24, 2.45) is 0 Å². The number of aliphatic hydroxyl groups excluding tert-OH is 6. The second-order valence-electron chi connectivity index (χ2n) is 24.1. The maximum Gasteiger partial charge on any atom is 0.249 e. The van der Waals surface area contributed by atoms with E-state index in [9.17, 15) is 35.4 Å². The van der Waals surface area contributed by atoms with E-state index < -0.39 is 61.5 Å². The van der Waals surface area contributed by atoms with Crippen LogP contribution in [-0.4, -0.2) is 98.7 Å². The number of unbranched alkanes of at least 4 members (excludes halogenated alkanes) is 43. The molecule has 8 atom stereocenters. The van der Waals surface area contributed by atoms with Gasteiger partial charge in [0.15, 0.2) is 6.29 Å². The first-order valence-electron chi connectivity index (χ1n) is 34.5. The lowest BCUT2D eigenvalue weighted by atomic mass is 9.99. The van der Waals surface area contributed by atoms with Crippen LogP contribution in [0.1, 0.15) is 328 Å². The van der Waals surface area contributed by atoms with Crippen LogP contribution < -0.4 is 5.32 Å². The number of aliphatic hydroxyl groups is 6. The maximum atomic E-state index is 13.2. The highest BCUT2D eigenvalue weighted by Gasteiger charge is 2.44. The molecule has 0 aromatic heterocycles. The summed E-state index contributed by atoms with van der Waals surface area (Å²) < 4.78 is 11.2. The molecule has 7 N–H and O–H groups in total. The van der Waals surface area contributed by atoms with E-state index in [1.165, 1.54) is 257 Å². The van der Waals surface area contributed by atoms with Crippen molar-refractivity contribution in [2.75, 3.05) is 13.2 Å². The zero-order valence-electron chi connectivity index (χ0n) is 52.2. The molecule has 80 heavy (non-hydrogen) atoms. The van der Waals surface area contributed by atoms with E-state index in [2.05, 4.69) is 55.6 Å². The van der Waals surface area contributed by atoms with Crippen molar-refractivity contribution in [2.45, 2.75) is 377 Å². The summed E-state index contributed by atoms with van der Waals surface area (Å²) in [5.74, 6) is -0.623. The smallest absolute Gasteiger partial charge is 0.249 e. The van der Waals surface area contributed by atoms with Crippen molar-refractivity contribution in [1.29, 1.82) is 0 Å². The van der Waals surface area contributed by atoms with Gasteiger partial charge in [0, 0.05) is 0 Å². The first kappa shape index (κ1) is 76.1. The van der Waals surface area contributed by atoms with Crippen LogP contribution in [0.5, 0.6) is 0 Å². The third-order valence-corrected chi connectivity index (χ3v) is 16.5. The molecule has 1 aliphatic heterocycles. The van der Waals surface area contributed by atoms with Crippen LogP contribution in [0.3, 0.4) is 0 Å². The first-order valence-corrected chi connectivity index (χ1v) is 34.5. The fraction of sp³-hybridized carbons (Fsp3) is 0.871. The van der Waals surface area contributed by atoms with Crippen LogP contribution in [0.15, 0.2) is 48.6 Å². The minimum absolute atomic E-state index is 0.304. The molecule has 10 nitrogen and oxygen atoms in total. The van der Waals surface area contributed by atoms with Crippen LogP contribution in [0.4, 0.5) is 0 Å². The molecule has 0 aromatic carbocycles. The van der Waals surface area contributed by atoms with Gasteiger partial charge >= 0.3 is 0 Å². The Morgan fingerprint density at radius 1 is 0.438 bits per heavy atom. The van der Waals surface area contributed by atoms with Gasteiger partial charge in [0.25, 0.3) is 0 Å². The van der Waals surface area contributed by atoms with Gasteiger partial charge < -0.3 is 45.4 Å². The van der Waals surface area contributed by atoms with E-state index in [0.29, 0.717) is 19.3 Å². The number of carbonyl (C=O) groups excluding carboxylic acids is 1. The number of rotatable bonds is 60. The molecule has 0 radical (unpaired) electrons. The molecule has 0 saturated carbocycles. The van der Waals surface area contributed by atoms with E-state index in [-0.39, 0.29) is 6.61 Å². The molecule has 0 spiro atoms. The summed E-state index contributed by atoms with van der Waals surface area (Å²) in [6.07, 6.45) is 69.8. The molecular weight excluding hydrogens is 999 g/mol. The molecule has 0 aliphatic carbocycles. The summed E-state index contributed by atoms with van der Waals surface area (Å²) in [7, 11) is 0.